The van der Waals surface area contributed by atoms with Gasteiger partial charge in [-0.1, -0.05) is 0 Å². The Labute approximate surface area is 122 Å². The van der Waals surface area contributed by atoms with Gasteiger partial charge in [-0.05, 0) is 37.1 Å². The van der Waals surface area contributed by atoms with Crippen LogP contribution in [0.25, 0.3) is 0 Å². The average Bonchev–Trinajstić information content (AvgIpc) is 2.86. The van der Waals surface area contributed by atoms with E-state index in [0.29, 0.717) is 12.1 Å². The second kappa shape index (κ2) is 6.05. The van der Waals surface area contributed by atoms with Gasteiger partial charge in [-0.3, -0.25) is 19.7 Å². The molecule has 1 heterocycles. The molecule has 0 radical (unpaired) electrons. The summed E-state index contributed by atoms with van der Waals surface area (Å²) in [5, 5.41) is 11.3. The van der Waals surface area contributed by atoms with Crippen LogP contribution >= 0.6 is 0 Å². The molecule has 1 aromatic carbocycles. The summed E-state index contributed by atoms with van der Waals surface area (Å²) in [6, 6.07) is 4.69. The van der Waals surface area contributed by atoms with E-state index in [9.17, 15) is 14.4 Å². The summed E-state index contributed by atoms with van der Waals surface area (Å²) in [5.41, 5.74) is 2.36. The average molecular weight is 290 g/mol. The molecule has 0 aliphatic carbocycles. The van der Waals surface area contributed by atoms with E-state index in [0.717, 1.165) is 17.7 Å². The van der Waals surface area contributed by atoms with Crippen molar-refractivity contribution in [2.24, 2.45) is 0 Å². The zero-order valence-corrected chi connectivity index (χ0v) is 12.0. The van der Waals surface area contributed by atoms with Gasteiger partial charge in [-0.25, -0.2) is 0 Å². The summed E-state index contributed by atoms with van der Waals surface area (Å²) >= 11 is 0. The number of carboxylic acids is 1. The van der Waals surface area contributed by atoms with Gasteiger partial charge in [-0.15, -0.1) is 0 Å². The van der Waals surface area contributed by atoms with Gasteiger partial charge in [0.05, 0.1) is 12.6 Å². The molecule has 0 fully saturated rings. The minimum absolute atomic E-state index is 0.00989. The van der Waals surface area contributed by atoms with Crippen molar-refractivity contribution < 1.29 is 19.5 Å². The lowest BCUT2D eigenvalue weighted by molar-refractivity contribution is -0.136. The second-order valence-corrected chi connectivity index (χ2v) is 5.12. The smallest absolute Gasteiger partial charge is 0.317 e. The molecule has 2 rings (SSSR count). The van der Waals surface area contributed by atoms with E-state index in [2.05, 4.69) is 5.32 Å². The predicted octanol–water partition coefficient (Wildman–Crippen LogP) is 0.841. The topological polar surface area (TPSA) is 86.7 Å². The van der Waals surface area contributed by atoms with E-state index in [1.807, 2.05) is 0 Å². The van der Waals surface area contributed by atoms with Crippen molar-refractivity contribution in [1.29, 1.82) is 0 Å². The van der Waals surface area contributed by atoms with Gasteiger partial charge in [0.25, 0.3) is 0 Å². The molecule has 21 heavy (non-hydrogen) atoms. The number of aliphatic carboxylic acids is 1. The number of carbonyl (C=O) groups is 3. The molecule has 6 nitrogen and oxygen atoms in total. The Morgan fingerprint density at radius 1 is 1.38 bits per heavy atom. The summed E-state index contributed by atoms with van der Waals surface area (Å²) in [7, 11) is 0. The number of hydrogen-bond acceptors (Lipinski definition) is 4. The van der Waals surface area contributed by atoms with Crippen LogP contribution in [0, 0.1) is 0 Å². The van der Waals surface area contributed by atoms with Gasteiger partial charge in [0, 0.05) is 24.7 Å². The van der Waals surface area contributed by atoms with Crippen molar-refractivity contribution >= 4 is 23.3 Å². The number of fused-ring (bicyclic) bond motifs is 1. The lowest BCUT2D eigenvalue weighted by Crippen LogP contribution is -2.37. The van der Waals surface area contributed by atoms with Crippen molar-refractivity contribution in [3.05, 3.63) is 29.3 Å². The molecule has 0 saturated carbocycles. The Morgan fingerprint density at radius 2 is 2.10 bits per heavy atom. The summed E-state index contributed by atoms with van der Waals surface area (Å²) in [6.45, 7) is 3.54. The first kappa shape index (κ1) is 15.2. The van der Waals surface area contributed by atoms with Gasteiger partial charge in [-0.2, -0.15) is 0 Å². The molecule has 0 bridgehead atoms. The Morgan fingerprint density at radius 3 is 2.71 bits per heavy atom. The van der Waals surface area contributed by atoms with Crippen molar-refractivity contribution in [2.45, 2.75) is 26.3 Å². The molecule has 0 spiro atoms. The molecule has 0 saturated heterocycles. The largest absolute Gasteiger partial charge is 0.480 e. The predicted molar refractivity (Wildman–Crippen MR) is 77.6 cm³/mol. The van der Waals surface area contributed by atoms with Crippen LogP contribution < -0.4 is 10.2 Å². The van der Waals surface area contributed by atoms with E-state index >= 15 is 0 Å². The zero-order chi connectivity index (χ0) is 15.6. The fourth-order valence-corrected chi connectivity index (χ4v) is 2.47. The van der Waals surface area contributed by atoms with Crippen LogP contribution in [-0.4, -0.2) is 41.9 Å². The van der Waals surface area contributed by atoms with Gasteiger partial charge in [0.15, 0.2) is 5.78 Å². The number of rotatable bonds is 5. The highest BCUT2D eigenvalue weighted by Crippen LogP contribution is 2.29. The molecule has 1 atom stereocenters. The lowest BCUT2D eigenvalue weighted by Gasteiger charge is -2.15. The third-order valence-electron chi connectivity index (χ3n) is 3.59. The van der Waals surface area contributed by atoms with Crippen LogP contribution in [0.1, 0.15) is 29.8 Å². The Bertz CT molecular complexity index is 597. The molecule has 6 heteroatoms. The number of Topliss-reactive ketones (excluding diaryl/α,β-unsaturated/α-hetero) is 1. The Hall–Kier alpha value is -2.21. The number of amides is 1. The van der Waals surface area contributed by atoms with Crippen LogP contribution in [0.4, 0.5) is 5.69 Å². The van der Waals surface area contributed by atoms with E-state index < -0.39 is 12.0 Å². The van der Waals surface area contributed by atoms with Gasteiger partial charge < -0.3 is 10.0 Å². The number of anilines is 1. The number of benzene rings is 1. The Balaban J connectivity index is 2.14. The first-order chi connectivity index (χ1) is 9.90. The second-order valence-electron chi connectivity index (χ2n) is 5.12. The summed E-state index contributed by atoms with van der Waals surface area (Å²) in [5.74, 6) is -1.16. The van der Waals surface area contributed by atoms with Crippen molar-refractivity contribution in [2.75, 3.05) is 18.0 Å². The van der Waals surface area contributed by atoms with E-state index in [1.54, 1.807) is 30.0 Å². The molecule has 1 aliphatic heterocycles. The fourth-order valence-electron chi connectivity index (χ4n) is 2.47. The molecule has 1 unspecified atom stereocenters. The maximum atomic E-state index is 12.2. The van der Waals surface area contributed by atoms with E-state index in [1.165, 1.54) is 6.92 Å². The maximum Gasteiger partial charge on any atom is 0.317 e. The van der Waals surface area contributed by atoms with Crippen LogP contribution in [0.3, 0.4) is 0 Å². The number of nitrogens with zero attached hydrogens (tertiary/aromatic N) is 1. The Kier molecular flexibility index (Phi) is 4.37. The SMILES string of the molecule is CC(=O)N1CCc2cc(C(=O)C(C)NCC(=O)O)ccc21. The summed E-state index contributed by atoms with van der Waals surface area (Å²) < 4.78 is 0. The lowest BCUT2D eigenvalue weighted by atomic mass is 10.0. The third-order valence-corrected chi connectivity index (χ3v) is 3.59. The van der Waals surface area contributed by atoms with E-state index in [4.69, 9.17) is 5.11 Å². The number of hydrogen-bond donors (Lipinski definition) is 2. The standard InChI is InChI=1S/C15H18N2O4/c1-9(16-8-14(19)20)15(21)12-3-4-13-11(7-12)5-6-17(13)10(2)18/h3-4,7,9,16H,5-6,8H2,1-2H3,(H,19,20). The first-order valence-corrected chi connectivity index (χ1v) is 6.80. The minimum atomic E-state index is -0.999. The maximum absolute atomic E-state index is 12.2. The fraction of sp³-hybridized carbons (Fsp3) is 0.400. The van der Waals surface area contributed by atoms with Crippen molar-refractivity contribution in [1.82, 2.24) is 5.32 Å². The van der Waals surface area contributed by atoms with E-state index in [-0.39, 0.29) is 18.2 Å². The molecule has 0 aromatic heterocycles. The minimum Gasteiger partial charge on any atom is -0.480 e. The molecular weight excluding hydrogens is 272 g/mol. The van der Waals surface area contributed by atoms with Crippen molar-refractivity contribution in [3.8, 4) is 0 Å². The summed E-state index contributed by atoms with van der Waals surface area (Å²) in [6.07, 6.45) is 0.729. The molecule has 2 N–H and O–H groups in total. The van der Waals surface area contributed by atoms with Gasteiger partial charge >= 0.3 is 5.97 Å². The normalized spacial score (nSPS) is 14.7. The molecule has 112 valence electrons. The quantitative estimate of drug-likeness (QED) is 0.785. The van der Waals surface area contributed by atoms with Crippen molar-refractivity contribution in [3.63, 3.8) is 0 Å². The van der Waals surface area contributed by atoms with Crippen LogP contribution in [-0.2, 0) is 16.0 Å². The number of carboxylic acid groups (broad SMARTS) is 1. The summed E-state index contributed by atoms with van der Waals surface area (Å²) in [4.78, 5) is 35.9. The van der Waals surface area contributed by atoms with Crippen LogP contribution in [0.5, 0.6) is 0 Å². The zero-order valence-electron chi connectivity index (χ0n) is 12.0. The highest BCUT2D eigenvalue weighted by Gasteiger charge is 2.24. The first-order valence-electron chi connectivity index (χ1n) is 6.80. The number of carbonyl (C=O) groups excluding carboxylic acids is 2. The molecule has 1 amide bonds. The van der Waals surface area contributed by atoms with Crippen LogP contribution in [0.15, 0.2) is 18.2 Å². The molecule has 1 aromatic rings. The van der Waals surface area contributed by atoms with Crippen LogP contribution in [0.2, 0.25) is 0 Å². The molecular formula is C15H18N2O4. The molecule has 1 aliphatic rings. The highest BCUT2D eigenvalue weighted by atomic mass is 16.4. The number of nitrogens with one attached hydrogen (secondary N) is 1. The van der Waals surface area contributed by atoms with Gasteiger partial charge in [0.1, 0.15) is 0 Å². The monoisotopic (exact) mass is 290 g/mol. The highest BCUT2D eigenvalue weighted by molar-refractivity contribution is 6.01. The third kappa shape index (κ3) is 3.28. The van der Waals surface area contributed by atoms with Gasteiger partial charge in [0.2, 0.25) is 5.91 Å². The number of ketones is 1.